The van der Waals surface area contributed by atoms with Gasteiger partial charge in [-0.25, -0.2) is 8.42 Å². The SMILES string of the molecule is CCC(C#N)C1(O)CCS(=O)(=O)C1. The van der Waals surface area contributed by atoms with Gasteiger partial charge in [-0.1, -0.05) is 6.92 Å². The lowest BCUT2D eigenvalue weighted by Crippen LogP contribution is -2.38. The van der Waals surface area contributed by atoms with Crippen LogP contribution >= 0.6 is 0 Å². The van der Waals surface area contributed by atoms with Crippen molar-refractivity contribution in [3.63, 3.8) is 0 Å². The van der Waals surface area contributed by atoms with E-state index in [1.165, 1.54) is 0 Å². The summed E-state index contributed by atoms with van der Waals surface area (Å²) in [6.45, 7) is 1.77. The Morgan fingerprint density at radius 3 is 2.62 bits per heavy atom. The van der Waals surface area contributed by atoms with Gasteiger partial charge in [0.2, 0.25) is 0 Å². The number of sulfone groups is 1. The van der Waals surface area contributed by atoms with Gasteiger partial charge in [-0.15, -0.1) is 0 Å². The minimum Gasteiger partial charge on any atom is -0.387 e. The second-order valence-electron chi connectivity index (χ2n) is 3.54. The second kappa shape index (κ2) is 3.28. The lowest BCUT2D eigenvalue weighted by atomic mass is 9.86. The number of rotatable bonds is 2. The Balaban J connectivity index is 2.87. The van der Waals surface area contributed by atoms with Gasteiger partial charge in [-0.05, 0) is 12.8 Å². The maximum absolute atomic E-state index is 11.1. The van der Waals surface area contributed by atoms with Crippen molar-refractivity contribution in [2.24, 2.45) is 5.92 Å². The Morgan fingerprint density at radius 2 is 2.31 bits per heavy atom. The largest absolute Gasteiger partial charge is 0.387 e. The smallest absolute Gasteiger partial charge is 0.153 e. The molecular weight excluding hydrogens is 190 g/mol. The molecule has 74 valence electrons. The number of nitrogens with zero attached hydrogens (tertiary/aromatic N) is 1. The molecule has 0 amide bonds. The van der Waals surface area contributed by atoms with E-state index in [4.69, 9.17) is 5.26 Å². The van der Waals surface area contributed by atoms with Crippen LogP contribution in [0.4, 0.5) is 0 Å². The molecule has 1 saturated heterocycles. The predicted molar refractivity (Wildman–Crippen MR) is 47.6 cm³/mol. The van der Waals surface area contributed by atoms with E-state index in [1.807, 2.05) is 6.07 Å². The summed E-state index contributed by atoms with van der Waals surface area (Å²) in [5.41, 5.74) is -1.30. The summed E-state index contributed by atoms with van der Waals surface area (Å²) in [5, 5.41) is 18.6. The third kappa shape index (κ3) is 2.01. The monoisotopic (exact) mass is 203 g/mol. The molecular formula is C8H13NO3S. The maximum atomic E-state index is 11.1. The lowest BCUT2D eigenvalue weighted by Gasteiger charge is -2.24. The van der Waals surface area contributed by atoms with E-state index < -0.39 is 21.4 Å². The van der Waals surface area contributed by atoms with Crippen molar-refractivity contribution in [2.45, 2.75) is 25.4 Å². The Bertz CT molecular complexity index is 330. The Morgan fingerprint density at radius 1 is 1.69 bits per heavy atom. The van der Waals surface area contributed by atoms with Crippen LogP contribution in [0.5, 0.6) is 0 Å². The first kappa shape index (κ1) is 10.5. The van der Waals surface area contributed by atoms with Gasteiger partial charge in [0.25, 0.3) is 0 Å². The highest BCUT2D eigenvalue weighted by molar-refractivity contribution is 7.91. The first-order valence-corrected chi connectivity index (χ1v) is 6.08. The van der Waals surface area contributed by atoms with E-state index in [2.05, 4.69) is 0 Å². The topological polar surface area (TPSA) is 78.2 Å². The summed E-state index contributed by atoms with van der Waals surface area (Å²) in [5.74, 6) is -0.821. The van der Waals surface area contributed by atoms with Crippen LogP contribution < -0.4 is 0 Å². The van der Waals surface area contributed by atoms with Crippen molar-refractivity contribution in [3.8, 4) is 6.07 Å². The lowest BCUT2D eigenvalue weighted by molar-refractivity contribution is 0.0268. The minimum atomic E-state index is -3.12. The highest BCUT2D eigenvalue weighted by Crippen LogP contribution is 2.32. The quantitative estimate of drug-likeness (QED) is 0.689. The molecule has 0 spiro atoms. The molecule has 0 saturated carbocycles. The molecule has 13 heavy (non-hydrogen) atoms. The molecule has 2 atom stereocenters. The molecule has 1 aliphatic rings. The van der Waals surface area contributed by atoms with E-state index in [1.54, 1.807) is 6.92 Å². The summed E-state index contributed by atoms with van der Waals surface area (Å²) >= 11 is 0. The first-order chi connectivity index (χ1) is 5.93. The molecule has 0 aromatic rings. The molecule has 1 fully saturated rings. The molecule has 0 bridgehead atoms. The van der Waals surface area contributed by atoms with E-state index in [0.717, 1.165) is 0 Å². The van der Waals surface area contributed by atoms with Crippen LogP contribution in [0, 0.1) is 17.2 Å². The van der Waals surface area contributed by atoms with Crippen LogP contribution in [0.1, 0.15) is 19.8 Å². The molecule has 1 N–H and O–H groups in total. The predicted octanol–water partition coefficient (Wildman–Crippen LogP) is 0.0858. The van der Waals surface area contributed by atoms with Crippen molar-refractivity contribution in [3.05, 3.63) is 0 Å². The Kier molecular flexibility index (Phi) is 2.64. The van der Waals surface area contributed by atoms with Gasteiger partial charge in [0.05, 0.1) is 29.1 Å². The Labute approximate surface area is 78.1 Å². The summed E-state index contributed by atoms with van der Waals surface area (Å²) in [4.78, 5) is 0. The molecule has 1 heterocycles. The van der Waals surface area contributed by atoms with Crippen LogP contribution in [0.25, 0.3) is 0 Å². The molecule has 0 aromatic carbocycles. The van der Waals surface area contributed by atoms with E-state index in [0.29, 0.717) is 6.42 Å². The maximum Gasteiger partial charge on any atom is 0.153 e. The average Bonchev–Trinajstić information content (AvgIpc) is 2.29. The van der Waals surface area contributed by atoms with Gasteiger partial charge < -0.3 is 5.11 Å². The van der Waals surface area contributed by atoms with Gasteiger partial charge in [0, 0.05) is 0 Å². The van der Waals surface area contributed by atoms with Gasteiger partial charge in [0.15, 0.2) is 9.84 Å². The number of aliphatic hydroxyl groups is 1. The van der Waals surface area contributed by atoms with Gasteiger partial charge in [0.1, 0.15) is 0 Å². The Hall–Kier alpha value is -0.600. The van der Waals surface area contributed by atoms with Crippen LogP contribution in [0.2, 0.25) is 0 Å². The van der Waals surface area contributed by atoms with Crippen LogP contribution in [-0.2, 0) is 9.84 Å². The molecule has 1 aliphatic heterocycles. The van der Waals surface area contributed by atoms with Crippen molar-refractivity contribution < 1.29 is 13.5 Å². The van der Waals surface area contributed by atoms with E-state index in [9.17, 15) is 13.5 Å². The molecule has 5 heteroatoms. The first-order valence-electron chi connectivity index (χ1n) is 4.26. The summed E-state index contributed by atoms with van der Waals surface area (Å²) in [6, 6.07) is 1.96. The zero-order valence-corrected chi connectivity index (χ0v) is 8.34. The molecule has 0 aromatic heterocycles. The van der Waals surface area contributed by atoms with Crippen LogP contribution in [0.15, 0.2) is 0 Å². The van der Waals surface area contributed by atoms with Gasteiger partial charge in [-0.2, -0.15) is 5.26 Å². The zero-order chi connectivity index (χ0) is 10.1. The molecule has 2 unspecified atom stereocenters. The summed E-state index contributed by atoms with van der Waals surface area (Å²) < 4.78 is 22.2. The highest BCUT2D eigenvalue weighted by atomic mass is 32.2. The number of hydrogen-bond donors (Lipinski definition) is 1. The minimum absolute atomic E-state index is 0.00167. The fourth-order valence-electron chi connectivity index (χ4n) is 1.72. The second-order valence-corrected chi connectivity index (χ2v) is 5.72. The molecule has 4 nitrogen and oxygen atoms in total. The van der Waals surface area contributed by atoms with Crippen LogP contribution in [-0.4, -0.2) is 30.6 Å². The number of nitriles is 1. The standard InChI is InChI=1S/C8H13NO3S/c1-2-7(5-9)8(10)3-4-13(11,12)6-8/h7,10H,2-4,6H2,1H3. The third-order valence-electron chi connectivity index (χ3n) is 2.53. The van der Waals surface area contributed by atoms with Gasteiger partial charge >= 0.3 is 0 Å². The molecule has 0 radical (unpaired) electrons. The van der Waals surface area contributed by atoms with Gasteiger partial charge in [-0.3, -0.25) is 0 Å². The van der Waals surface area contributed by atoms with Crippen molar-refractivity contribution in [2.75, 3.05) is 11.5 Å². The average molecular weight is 203 g/mol. The highest BCUT2D eigenvalue weighted by Gasteiger charge is 2.45. The summed E-state index contributed by atoms with van der Waals surface area (Å²) in [7, 11) is -3.12. The summed E-state index contributed by atoms with van der Waals surface area (Å²) in [6.07, 6.45) is 0.684. The fraction of sp³-hybridized carbons (Fsp3) is 0.875. The van der Waals surface area contributed by atoms with Crippen molar-refractivity contribution >= 4 is 9.84 Å². The normalized spacial score (nSPS) is 33.9. The van der Waals surface area contributed by atoms with E-state index in [-0.39, 0.29) is 17.9 Å². The van der Waals surface area contributed by atoms with Crippen molar-refractivity contribution in [1.82, 2.24) is 0 Å². The third-order valence-corrected chi connectivity index (χ3v) is 4.29. The number of hydrogen-bond acceptors (Lipinski definition) is 4. The van der Waals surface area contributed by atoms with E-state index >= 15 is 0 Å². The van der Waals surface area contributed by atoms with Crippen molar-refractivity contribution in [1.29, 1.82) is 5.26 Å². The van der Waals surface area contributed by atoms with Crippen LogP contribution in [0.3, 0.4) is 0 Å². The molecule has 1 rings (SSSR count). The zero-order valence-electron chi connectivity index (χ0n) is 7.52. The molecule has 0 aliphatic carbocycles. The fourth-order valence-corrected chi connectivity index (χ4v) is 3.64.